The molecule has 2 atom stereocenters. The van der Waals surface area contributed by atoms with Gasteiger partial charge in [-0.05, 0) is 0 Å². The average Bonchev–Trinajstić information content (AvgIpc) is 1.66. The third kappa shape index (κ3) is 17.8. The zero-order chi connectivity index (χ0) is 60.2. The Labute approximate surface area is 543 Å². The number of unbranched alkanes of at least 4 members (excludes halogenated alkanes) is 19. The Morgan fingerprint density at radius 3 is 1.41 bits per heavy atom. The molecule has 0 aliphatic carbocycles. The van der Waals surface area contributed by atoms with Crippen molar-refractivity contribution in [1.29, 1.82) is 0 Å². The SMILES string of the molecule is CCCCCCCCC(CCCCCC)CN1C(=O)C2=C(c3ccc(I(C)C)s3)N(CC(CCCCCC)CCCCCCCC)C(=O)C2=C1c1ccc(-c2cc3c(CCCCCC)c(C(=O)Oc4ccccc4)c4cc(I(C)C)sc4c3s2)s1. The molecule has 12 heteroatoms. The number of fused-ring (bicyclic) bond motifs is 4. The number of esters is 1. The summed E-state index contributed by atoms with van der Waals surface area (Å²) >= 11 is 4.52. The molecule has 2 amide bonds. The Morgan fingerprint density at radius 1 is 0.459 bits per heavy atom. The Balaban J connectivity index is 1.27. The molecule has 6 aromatic rings. The molecule has 2 unspecified atom stereocenters. The number of amides is 2. The molecule has 2 aromatic carbocycles. The van der Waals surface area contributed by atoms with Crippen LogP contribution in [0.5, 0.6) is 5.75 Å². The molecule has 8 rings (SSSR count). The van der Waals surface area contributed by atoms with Crippen LogP contribution in [0, 0.1) is 17.6 Å². The molecule has 0 N–H and O–H groups in total. The summed E-state index contributed by atoms with van der Waals surface area (Å²) < 4.78 is 11.5. The first-order valence-electron chi connectivity index (χ1n) is 33.0. The van der Waals surface area contributed by atoms with Crippen LogP contribution >= 0.6 is 85.0 Å². The number of hydrogen-bond acceptors (Lipinski definition) is 8. The van der Waals surface area contributed by atoms with E-state index in [0.29, 0.717) is 41.8 Å². The van der Waals surface area contributed by atoms with E-state index in [2.05, 4.69) is 101 Å². The average molecular weight is 1450 g/mol. The fourth-order valence-electron chi connectivity index (χ4n) is 12.8. The van der Waals surface area contributed by atoms with Gasteiger partial charge in [-0.25, -0.2) is 0 Å². The minimum atomic E-state index is -1.43. The number of rotatable bonds is 40. The summed E-state index contributed by atoms with van der Waals surface area (Å²) in [6, 6.07) is 23.3. The number of ether oxygens (including phenoxy) is 1. The van der Waals surface area contributed by atoms with Crippen LogP contribution in [0.2, 0.25) is 0 Å². The number of thiophene rings is 4. The molecule has 0 saturated carbocycles. The molecule has 0 fully saturated rings. The third-order valence-electron chi connectivity index (χ3n) is 17.5. The molecule has 4 aromatic heterocycles. The first kappa shape index (κ1) is 68.0. The van der Waals surface area contributed by atoms with Crippen LogP contribution in [0.3, 0.4) is 0 Å². The van der Waals surface area contributed by atoms with Gasteiger partial charge < -0.3 is 0 Å². The topological polar surface area (TPSA) is 66.9 Å². The number of halogens is 2. The van der Waals surface area contributed by atoms with Crippen molar-refractivity contribution in [3.05, 3.63) is 105 Å². The van der Waals surface area contributed by atoms with Crippen molar-refractivity contribution in [2.24, 2.45) is 11.8 Å². The predicted octanol–water partition coefficient (Wildman–Crippen LogP) is 23.6. The van der Waals surface area contributed by atoms with Gasteiger partial charge in [-0.3, -0.25) is 0 Å². The van der Waals surface area contributed by atoms with E-state index >= 15 is 9.59 Å². The van der Waals surface area contributed by atoms with Crippen molar-refractivity contribution in [2.45, 2.75) is 221 Å². The quantitative estimate of drug-likeness (QED) is 0.0126. The maximum absolute atomic E-state index is 16.1. The van der Waals surface area contributed by atoms with Crippen LogP contribution in [0.25, 0.3) is 41.3 Å². The molecule has 466 valence electrons. The van der Waals surface area contributed by atoms with Gasteiger partial charge in [0.05, 0.1) is 0 Å². The second kappa shape index (κ2) is 34.9. The summed E-state index contributed by atoms with van der Waals surface area (Å²) in [5.41, 5.74) is 4.83. The first-order valence-corrected chi connectivity index (χ1v) is 47.1. The van der Waals surface area contributed by atoms with Crippen LogP contribution in [0.4, 0.5) is 0 Å². The maximum atomic E-state index is 16.1. The van der Waals surface area contributed by atoms with Crippen molar-refractivity contribution in [1.82, 2.24) is 9.80 Å². The van der Waals surface area contributed by atoms with Gasteiger partial charge in [0.15, 0.2) is 0 Å². The summed E-state index contributed by atoms with van der Waals surface area (Å²) in [5.74, 6) is 1.04. The number of nitrogens with zero attached hydrogens (tertiary/aromatic N) is 2. The summed E-state index contributed by atoms with van der Waals surface area (Å²) in [4.78, 5) is 65.3. The van der Waals surface area contributed by atoms with Crippen molar-refractivity contribution >= 4 is 134 Å². The fraction of sp³-hybridized carbons (Fsp3) is 0.575. The number of para-hydroxylation sites is 1. The molecule has 0 spiro atoms. The second-order valence-corrected chi connectivity index (χ2v) is 41.3. The van der Waals surface area contributed by atoms with Gasteiger partial charge in [-0.1, -0.05) is 79.1 Å². The fourth-order valence-corrected chi connectivity index (χ4v) is 23.1. The van der Waals surface area contributed by atoms with Crippen LogP contribution in [-0.4, -0.2) is 60.4 Å². The van der Waals surface area contributed by atoms with E-state index in [1.807, 2.05) is 64.3 Å². The number of benzene rings is 2. The molecular formula is C73H102I2N2O4S4. The van der Waals surface area contributed by atoms with Gasteiger partial charge in [0.25, 0.3) is 0 Å². The van der Waals surface area contributed by atoms with Crippen molar-refractivity contribution in [3.63, 3.8) is 0 Å². The van der Waals surface area contributed by atoms with Crippen molar-refractivity contribution in [2.75, 3.05) is 32.8 Å². The van der Waals surface area contributed by atoms with Crippen LogP contribution < -0.4 is 4.74 Å². The number of aryl methyl sites for hydroxylation is 1. The monoisotopic (exact) mass is 1450 g/mol. The first-order chi connectivity index (χ1) is 41.4. The van der Waals surface area contributed by atoms with Crippen molar-refractivity contribution < 1.29 is 19.1 Å². The second-order valence-electron chi connectivity index (χ2n) is 24.6. The predicted molar refractivity (Wildman–Crippen MR) is 391 cm³/mol. The standard InChI is InChI=1S/C73H102I2N2O4S4/c1-10-15-20-25-27-32-39-52(37-30-22-17-12-3)50-76-67(65-66(72(76)79)68(60-46-47-62(83-60)74(6)7)77(71(65)78)51-53(38-31-23-18-13-4)40-33-28-26-21-16-11-2)59-45-44-58(82-59)61-48-56-55(43-36-24-19-14-5)64(73(80)81-54-41-34-29-35-42-54)57-49-63(75(8)9)85-70(57)69(56)84-61/h29,34-35,41-42,44-49,52-53H,10-28,30-33,36-40,43,50-51H2,1-9H3. The van der Waals surface area contributed by atoms with E-state index in [1.165, 1.54) is 144 Å². The minimum absolute atomic E-state index is 0.0237. The summed E-state index contributed by atoms with van der Waals surface area (Å²) in [6.45, 7) is 12.7. The van der Waals surface area contributed by atoms with E-state index < -0.39 is 39.6 Å². The van der Waals surface area contributed by atoms with Gasteiger partial charge in [0.1, 0.15) is 0 Å². The summed E-state index contributed by atoms with van der Waals surface area (Å²) in [6.07, 6.45) is 34.3. The third-order valence-corrected chi connectivity index (χ3v) is 32.3. The Bertz CT molecular complexity index is 3160. The molecule has 0 bridgehead atoms. The number of carbonyl (C=O) groups excluding carboxylic acids is 3. The summed E-state index contributed by atoms with van der Waals surface area (Å²) in [5, 5.41) is 2.19. The van der Waals surface area contributed by atoms with Crippen LogP contribution in [0.15, 0.2) is 77.9 Å². The molecule has 6 nitrogen and oxygen atoms in total. The van der Waals surface area contributed by atoms with Gasteiger partial charge in [-0.15, -0.1) is 0 Å². The zero-order valence-corrected chi connectivity index (χ0v) is 60.9. The molecule has 6 heterocycles. The number of alkyl halides is 4. The van der Waals surface area contributed by atoms with Gasteiger partial charge >= 0.3 is 470 Å². The van der Waals surface area contributed by atoms with Gasteiger partial charge in [0, 0.05) is 0 Å². The van der Waals surface area contributed by atoms with E-state index in [9.17, 15) is 4.79 Å². The van der Waals surface area contributed by atoms with E-state index in [4.69, 9.17) is 4.74 Å². The van der Waals surface area contributed by atoms with Crippen LogP contribution in [-0.2, 0) is 16.0 Å². The Hall–Kier alpha value is -2.89. The van der Waals surface area contributed by atoms with Crippen LogP contribution in [0.1, 0.15) is 240 Å². The molecule has 2 aliphatic heterocycles. The number of carbonyl (C=O) groups is 3. The van der Waals surface area contributed by atoms with E-state index in [1.54, 1.807) is 11.3 Å². The van der Waals surface area contributed by atoms with Gasteiger partial charge in [-0.2, -0.15) is 0 Å². The Kier molecular flexibility index (Phi) is 27.9. The normalized spacial score (nSPS) is 14.7. The van der Waals surface area contributed by atoms with E-state index in [0.717, 1.165) is 111 Å². The summed E-state index contributed by atoms with van der Waals surface area (Å²) in [7, 11) is 0. The van der Waals surface area contributed by atoms with E-state index in [-0.39, 0.29) is 17.8 Å². The molecule has 2 aliphatic rings. The molecule has 85 heavy (non-hydrogen) atoms. The van der Waals surface area contributed by atoms with Gasteiger partial charge in [0.2, 0.25) is 0 Å². The molecule has 0 radical (unpaired) electrons. The van der Waals surface area contributed by atoms with Crippen molar-refractivity contribution in [3.8, 4) is 15.5 Å². The molecule has 0 saturated heterocycles. The molecular weight excluding hydrogens is 1350 g/mol. The zero-order valence-electron chi connectivity index (χ0n) is 53.3. The number of hydrogen-bond donors (Lipinski definition) is 0. The Morgan fingerprint density at radius 2 is 0.906 bits per heavy atom.